The molecule has 1 aromatic rings. The van der Waals surface area contributed by atoms with Gasteiger partial charge in [-0.15, -0.1) is 0 Å². The fraction of sp³-hybridized carbons (Fsp3) is 0.538. The first-order valence-electron chi connectivity index (χ1n) is 6.29. The molecule has 0 amide bonds. The Bertz CT molecular complexity index is 585. The van der Waals surface area contributed by atoms with Gasteiger partial charge in [0.05, 0.1) is 5.75 Å². The van der Waals surface area contributed by atoms with E-state index in [0.29, 0.717) is 12.8 Å². The molecule has 0 aliphatic carbocycles. The highest BCUT2D eigenvalue weighted by Gasteiger charge is 2.33. The molecule has 0 fully saturated rings. The minimum Gasteiger partial charge on any atom is -0.308 e. The van der Waals surface area contributed by atoms with Crippen LogP contribution in [0.15, 0.2) is 17.0 Å². The van der Waals surface area contributed by atoms with Gasteiger partial charge in [0.1, 0.15) is 16.5 Å². The molecule has 19 heavy (non-hydrogen) atoms. The molecule has 1 atom stereocenters. The van der Waals surface area contributed by atoms with Gasteiger partial charge in [0.15, 0.2) is 9.84 Å². The third-order valence-corrected chi connectivity index (χ3v) is 5.06. The fourth-order valence-corrected chi connectivity index (χ4v) is 4.17. The van der Waals surface area contributed by atoms with Gasteiger partial charge in [-0.2, -0.15) is 0 Å². The smallest absolute Gasteiger partial charge is 0.181 e. The highest BCUT2D eigenvalue weighted by Crippen LogP contribution is 2.35. The van der Waals surface area contributed by atoms with Gasteiger partial charge in [0, 0.05) is 17.6 Å². The lowest BCUT2D eigenvalue weighted by Gasteiger charge is -2.22. The molecule has 1 aliphatic heterocycles. The maximum Gasteiger partial charge on any atom is 0.181 e. The van der Waals surface area contributed by atoms with E-state index in [1.807, 2.05) is 13.8 Å². The second-order valence-electron chi connectivity index (χ2n) is 5.11. The summed E-state index contributed by atoms with van der Waals surface area (Å²) in [6.07, 6.45) is 0.866. The third kappa shape index (κ3) is 2.79. The van der Waals surface area contributed by atoms with Crippen molar-refractivity contribution in [3.8, 4) is 0 Å². The van der Waals surface area contributed by atoms with Crippen LogP contribution in [0.2, 0.25) is 0 Å². The van der Waals surface area contributed by atoms with Crippen molar-refractivity contribution >= 4 is 9.84 Å². The van der Waals surface area contributed by atoms with E-state index in [-0.39, 0.29) is 17.4 Å². The maximum atomic E-state index is 14.0. The molecular formula is C13H17F2NO2S. The predicted molar refractivity (Wildman–Crippen MR) is 68.7 cm³/mol. The number of benzene rings is 1. The Morgan fingerprint density at radius 1 is 1.26 bits per heavy atom. The third-order valence-electron chi connectivity index (χ3n) is 3.19. The largest absolute Gasteiger partial charge is 0.308 e. The molecule has 0 radical (unpaired) electrons. The van der Waals surface area contributed by atoms with Gasteiger partial charge in [0.25, 0.3) is 0 Å². The summed E-state index contributed by atoms with van der Waals surface area (Å²) >= 11 is 0. The minimum atomic E-state index is -3.76. The van der Waals surface area contributed by atoms with Gasteiger partial charge in [-0.25, -0.2) is 17.2 Å². The van der Waals surface area contributed by atoms with Gasteiger partial charge in [-0.1, -0.05) is 13.8 Å². The van der Waals surface area contributed by atoms with Crippen LogP contribution in [0.25, 0.3) is 0 Å². The summed E-state index contributed by atoms with van der Waals surface area (Å²) in [5, 5.41) is 3.11. The lowest BCUT2D eigenvalue weighted by atomic mass is 10.0. The SMILES string of the molecule is CC(C)NC1CCCS(=O)(=O)c2c(F)ccc(F)c21. The number of hydrogen-bond donors (Lipinski definition) is 1. The van der Waals surface area contributed by atoms with E-state index >= 15 is 0 Å². The summed E-state index contributed by atoms with van der Waals surface area (Å²) in [6.45, 7) is 3.77. The van der Waals surface area contributed by atoms with Gasteiger partial charge < -0.3 is 5.32 Å². The Balaban J connectivity index is 2.66. The Hall–Kier alpha value is -1.01. The van der Waals surface area contributed by atoms with Crippen LogP contribution < -0.4 is 5.32 Å². The van der Waals surface area contributed by atoms with E-state index in [1.165, 1.54) is 0 Å². The molecule has 2 rings (SSSR count). The summed E-state index contributed by atoms with van der Waals surface area (Å²) in [5.41, 5.74) is -0.0498. The van der Waals surface area contributed by atoms with Crippen molar-refractivity contribution in [1.82, 2.24) is 5.32 Å². The van der Waals surface area contributed by atoms with Crippen LogP contribution in [-0.4, -0.2) is 20.2 Å². The van der Waals surface area contributed by atoms with E-state index in [9.17, 15) is 17.2 Å². The van der Waals surface area contributed by atoms with Crippen LogP contribution in [0.5, 0.6) is 0 Å². The van der Waals surface area contributed by atoms with Crippen LogP contribution >= 0.6 is 0 Å². The van der Waals surface area contributed by atoms with E-state index in [0.717, 1.165) is 12.1 Å². The summed E-state index contributed by atoms with van der Waals surface area (Å²) in [7, 11) is -3.76. The number of rotatable bonds is 2. The summed E-state index contributed by atoms with van der Waals surface area (Å²) in [6, 6.07) is 1.46. The molecule has 0 aromatic heterocycles. The number of sulfone groups is 1. The molecular weight excluding hydrogens is 272 g/mol. The van der Waals surface area contributed by atoms with Gasteiger partial charge in [-0.3, -0.25) is 0 Å². The monoisotopic (exact) mass is 289 g/mol. The van der Waals surface area contributed by atoms with Crippen molar-refractivity contribution in [3.63, 3.8) is 0 Å². The van der Waals surface area contributed by atoms with E-state index in [2.05, 4.69) is 5.32 Å². The average Bonchev–Trinajstić information content (AvgIpc) is 2.41. The standard InChI is InChI=1S/C13H17F2NO2S/c1-8(2)16-11-4-3-7-19(17,18)13-10(15)6-5-9(14)12(11)13/h5-6,8,11,16H,3-4,7H2,1-2H3. The van der Waals surface area contributed by atoms with Crippen molar-refractivity contribution in [2.45, 2.75) is 43.7 Å². The molecule has 0 saturated heterocycles. The van der Waals surface area contributed by atoms with Crippen molar-refractivity contribution in [2.75, 3.05) is 5.75 Å². The normalized spacial score (nSPS) is 22.1. The van der Waals surface area contributed by atoms with Gasteiger partial charge in [0.2, 0.25) is 0 Å². The average molecular weight is 289 g/mol. The highest BCUT2D eigenvalue weighted by molar-refractivity contribution is 7.91. The van der Waals surface area contributed by atoms with E-state index < -0.39 is 32.4 Å². The molecule has 6 heteroatoms. The van der Waals surface area contributed by atoms with Crippen molar-refractivity contribution in [3.05, 3.63) is 29.3 Å². The molecule has 1 aromatic carbocycles. The maximum absolute atomic E-state index is 14.0. The molecule has 3 nitrogen and oxygen atoms in total. The Morgan fingerprint density at radius 3 is 2.53 bits per heavy atom. The predicted octanol–water partition coefficient (Wildman–Crippen LogP) is 2.57. The summed E-state index contributed by atoms with van der Waals surface area (Å²) < 4.78 is 52.0. The van der Waals surface area contributed by atoms with Crippen molar-refractivity contribution < 1.29 is 17.2 Å². The first-order valence-corrected chi connectivity index (χ1v) is 7.95. The summed E-state index contributed by atoms with van der Waals surface area (Å²) in [5.74, 6) is -1.68. The molecule has 1 N–H and O–H groups in total. The molecule has 1 heterocycles. The Kier molecular flexibility index (Phi) is 3.92. The molecule has 0 saturated carbocycles. The van der Waals surface area contributed by atoms with Crippen LogP contribution in [0.3, 0.4) is 0 Å². The Morgan fingerprint density at radius 2 is 1.89 bits per heavy atom. The molecule has 1 unspecified atom stereocenters. The second-order valence-corrected chi connectivity index (χ2v) is 7.15. The fourth-order valence-electron chi connectivity index (χ4n) is 2.48. The highest BCUT2D eigenvalue weighted by atomic mass is 32.2. The van der Waals surface area contributed by atoms with E-state index in [1.54, 1.807) is 0 Å². The summed E-state index contributed by atoms with van der Waals surface area (Å²) in [4.78, 5) is -0.469. The number of fused-ring (bicyclic) bond motifs is 1. The van der Waals surface area contributed by atoms with Crippen LogP contribution in [0, 0.1) is 11.6 Å². The quantitative estimate of drug-likeness (QED) is 0.910. The molecule has 0 spiro atoms. The van der Waals surface area contributed by atoms with Crippen LogP contribution in [-0.2, 0) is 9.84 Å². The number of halogens is 2. The van der Waals surface area contributed by atoms with Crippen LogP contribution in [0.1, 0.15) is 38.3 Å². The number of nitrogens with one attached hydrogen (secondary N) is 1. The second kappa shape index (κ2) is 5.17. The zero-order chi connectivity index (χ0) is 14.2. The van der Waals surface area contributed by atoms with Gasteiger partial charge in [-0.05, 0) is 25.0 Å². The minimum absolute atomic E-state index is 0.0498. The van der Waals surface area contributed by atoms with Crippen LogP contribution in [0.4, 0.5) is 8.78 Å². The topological polar surface area (TPSA) is 46.2 Å². The lowest BCUT2D eigenvalue weighted by Crippen LogP contribution is -2.29. The first kappa shape index (κ1) is 14.4. The number of hydrogen-bond acceptors (Lipinski definition) is 3. The molecule has 0 bridgehead atoms. The lowest BCUT2D eigenvalue weighted by molar-refractivity contribution is 0.424. The zero-order valence-corrected chi connectivity index (χ0v) is 11.7. The van der Waals surface area contributed by atoms with Crippen molar-refractivity contribution in [2.24, 2.45) is 0 Å². The van der Waals surface area contributed by atoms with Crippen molar-refractivity contribution in [1.29, 1.82) is 0 Å². The molecule has 106 valence electrons. The zero-order valence-electron chi connectivity index (χ0n) is 10.9. The Labute approximate surface area is 111 Å². The van der Waals surface area contributed by atoms with Gasteiger partial charge >= 0.3 is 0 Å². The first-order chi connectivity index (χ1) is 8.83. The molecule has 1 aliphatic rings. The van der Waals surface area contributed by atoms with E-state index in [4.69, 9.17) is 0 Å².